The van der Waals surface area contributed by atoms with Gasteiger partial charge in [0.05, 0.1) is 17.6 Å². The Morgan fingerprint density at radius 2 is 2.00 bits per heavy atom. The van der Waals surface area contributed by atoms with E-state index in [0.29, 0.717) is 11.4 Å². The molecule has 0 radical (unpaired) electrons. The number of aliphatic hydroxyl groups excluding tert-OH is 1. The molecular formula is C13H15N3O3. The summed E-state index contributed by atoms with van der Waals surface area (Å²) in [6, 6.07) is 9.16. The van der Waals surface area contributed by atoms with E-state index in [4.69, 9.17) is 0 Å². The molecule has 0 aliphatic rings. The molecule has 0 saturated carbocycles. The van der Waals surface area contributed by atoms with Crippen LogP contribution in [0.15, 0.2) is 30.3 Å². The molecule has 6 nitrogen and oxygen atoms in total. The lowest BCUT2D eigenvalue weighted by molar-refractivity contribution is -0.386. The fourth-order valence-corrected chi connectivity index (χ4v) is 2.07. The van der Waals surface area contributed by atoms with Crippen molar-refractivity contribution in [3.8, 4) is 0 Å². The van der Waals surface area contributed by atoms with Crippen LogP contribution >= 0.6 is 0 Å². The highest BCUT2D eigenvalue weighted by atomic mass is 16.6. The summed E-state index contributed by atoms with van der Waals surface area (Å²) in [5.74, 6) is 0. The number of benzene rings is 1. The molecule has 0 amide bonds. The van der Waals surface area contributed by atoms with E-state index in [2.05, 4.69) is 5.10 Å². The minimum absolute atomic E-state index is 0.0141. The van der Waals surface area contributed by atoms with Gasteiger partial charge in [0.25, 0.3) is 0 Å². The molecular weight excluding hydrogens is 246 g/mol. The molecule has 0 spiro atoms. The Bertz CT molecular complexity index is 593. The Hall–Kier alpha value is -2.21. The largest absolute Gasteiger partial charge is 0.386 e. The maximum absolute atomic E-state index is 10.9. The molecule has 0 aliphatic carbocycles. The smallest absolute Gasteiger partial charge is 0.312 e. The fraction of sp³-hybridized carbons (Fsp3) is 0.308. The minimum atomic E-state index is -0.737. The molecule has 2 aromatic rings. The average molecular weight is 261 g/mol. The zero-order valence-corrected chi connectivity index (χ0v) is 10.8. The number of rotatable bonds is 4. The molecule has 1 atom stereocenters. The lowest BCUT2D eigenvalue weighted by Crippen LogP contribution is -2.11. The number of hydrogen-bond acceptors (Lipinski definition) is 4. The summed E-state index contributed by atoms with van der Waals surface area (Å²) in [7, 11) is 0. The van der Waals surface area contributed by atoms with E-state index < -0.39 is 11.0 Å². The maximum atomic E-state index is 10.9. The third kappa shape index (κ3) is 2.63. The van der Waals surface area contributed by atoms with Crippen LogP contribution in [0.3, 0.4) is 0 Å². The highest BCUT2D eigenvalue weighted by molar-refractivity contribution is 5.39. The zero-order valence-electron chi connectivity index (χ0n) is 10.8. The van der Waals surface area contributed by atoms with Crippen LogP contribution in [0.5, 0.6) is 0 Å². The van der Waals surface area contributed by atoms with E-state index in [-0.39, 0.29) is 12.2 Å². The van der Waals surface area contributed by atoms with Gasteiger partial charge in [-0.2, -0.15) is 5.10 Å². The summed E-state index contributed by atoms with van der Waals surface area (Å²) in [6.45, 7) is 3.43. The molecule has 1 aromatic heterocycles. The number of aryl methyl sites for hydroxylation is 1. The van der Waals surface area contributed by atoms with Crippen molar-refractivity contribution in [2.45, 2.75) is 26.5 Å². The Labute approximate surface area is 110 Å². The quantitative estimate of drug-likeness (QED) is 0.675. The fourth-order valence-electron chi connectivity index (χ4n) is 2.07. The molecule has 0 saturated heterocycles. The second-order valence-corrected chi connectivity index (χ2v) is 4.39. The molecule has 100 valence electrons. The Kier molecular flexibility index (Phi) is 3.62. The normalized spacial score (nSPS) is 12.4. The molecule has 2 rings (SSSR count). The highest BCUT2D eigenvalue weighted by Gasteiger charge is 2.23. The lowest BCUT2D eigenvalue weighted by Gasteiger charge is -2.11. The minimum Gasteiger partial charge on any atom is -0.386 e. The summed E-state index contributed by atoms with van der Waals surface area (Å²) in [5, 5.41) is 25.1. The van der Waals surface area contributed by atoms with Gasteiger partial charge in [0.2, 0.25) is 0 Å². The van der Waals surface area contributed by atoms with Crippen LogP contribution in [-0.4, -0.2) is 19.8 Å². The van der Waals surface area contributed by atoms with Crippen molar-refractivity contribution in [1.82, 2.24) is 9.78 Å². The molecule has 0 bridgehead atoms. The van der Waals surface area contributed by atoms with E-state index in [1.165, 1.54) is 4.68 Å². The first-order valence-corrected chi connectivity index (χ1v) is 5.92. The molecule has 19 heavy (non-hydrogen) atoms. The van der Waals surface area contributed by atoms with Crippen molar-refractivity contribution in [2.24, 2.45) is 0 Å². The summed E-state index contributed by atoms with van der Waals surface area (Å²) in [6.07, 6.45) is -0.737. The van der Waals surface area contributed by atoms with Crippen molar-refractivity contribution in [3.63, 3.8) is 0 Å². The van der Waals surface area contributed by atoms with Crippen LogP contribution in [0.25, 0.3) is 0 Å². The van der Waals surface area contributed by atoms with Crippen molar-refractivity contribution >= 4 is 5.69 Å². The summed E-state index contributed by atoms with van der Waals surface area (Å²) in [5.41, 5.74) is 1.60. The molecule has 0 aliphatic heterocycles. The summed E-state index contributed by atoms with van der Waals surface area (Å²) in [4.78, 5) is 10.5. The summed E-state index contributed by atoms with van der Waals surface area (Å²) < 4.78 is 1.48. The third-order valence-electron chi connectivity index (χ3n) is 3.06. The molecule has 1 heterocycles. The van der Waals surface area contributed by atoms with Gasteiger partial charge in [-0.05, 0) is 19.4 Å². The lowest BCUT2D eigenvalue weighted by atomic mass is 10.1. The van der Waals surface area contributed by atoms with Gasteiger partial charge in [0, 0.05) is 0 Å². The first-order valence-electron chi connectivity index (χ1n) is 5.92. The van der Waals surface area contributed by atoms with Crippen LogP contribution in [0.4, 0.5) is 5.69 Å². The monoisotopic (exact) mass is 261 g/mol. The van der Waals surface area contributed by atoms with Gasteiger partial charge in [-0.25, -0.2) is 0 Å². The Morgan fingerprint density at radius 1 is 1.37 bits per heavy atom. The first kappa shape index (κ1) is 13.2. The van der Waals surface area contributed by atoms with Crippen LogP contribution in [0.1, 0.15) is 23.1 Å². The zero-order chi connectivity index (χ0) is 14.0. The van der Waals surface area contributed by atoms with Crippen molar-refractivity contribution in [1.29, 1.82) is 0 Å². The van der Waals surface area contributed by atoms with E-state index in [0.717, 1.165) is 5.56 Å². The van der Waals surface area contributed by atoms with E-state index >= 15 is 0 Å². The van der Waals surface area contributed by atoms with E-state index in [1.807, 2.05) is 30.3 Å². The van der Waals surface area contributed by atoms with Gasteiger partial charge in [0.15, 0.2) is 0 Å². The second-order valence-electron chi connectivity index (χ2n) is 4.39. The van der Waals surface area contributed by atoms with Crippen molar-refractivity contribution in [2.75, 3.05) is 0 Å². The van der Waals surface area contributed by atoms with Crippen LogP contribution in [0, 0.1) is 24.0 Å². The number of aliphatic hydroxyl groups is 1. The molecule has 1 N–H and O–H groups in total. The summed E-state index contributed by atoms with van der Waals surface area (Å²) >= 11 is 0. The maximum Gasteiger partial charge on any atom is 0.312 e. The topological polar surface area (TPSA) is 81.2 Å². The number of aromatic nitrogens is 2. The van der Waals surface area contributed by atoms with E-state index in [9.17, 15) is 15.2 Å². The van der Waals surface area contributed by atoms with Gasteiger partial charge < -0.3 is 5.11 Å². The molecule has 1 aromatic carbocycles. The molecule has 6 heteroatoms. The standard InChI is InChI=1S/C13H15N3O3/c1-9-13(16(18)19)10(2)15(14-9)8-12(17)11-6-4-3-5-7-11/h3-7,12,17H,8H2,1-2H3. The Balaban J connectivity index is 2.25. The average Bonchev–Trinajstić information content (AvgIpc) is 2.65. The van der Waals surface area contributed by atoms with Crippen molar-refractivity contribution in [3.05, 3.63) is 57.4 Å². The van der Waals surface area contributed by atoms with Crippen molar-refractivity contribution < 1.29 is 10.0 Å². The highest BCUT2D eigenvalue weighted by Crippen LogP contribution is 2.24. The molecule has 1 unspecified atom stereocenters. The van der Waals surface area contributed by atoms with Crippen LogP contribution in [-0.2, 0) is 6.54 Å². The van der Waals surface area contributed by atoms with Gasteiger partial charge >= 0.3 is 5.69 Å². The number of nitrogens with zero attached hydrogens (tertiary/aromatic N) is 3. The Morgan fingerprint density at radius 3 is 2.53 bits per heavy atom. The SMILES string of the molecule is Cc1nn(CC(O)c2ccccc2)c(C)c1[N+](=O)[O-]. The number of hydrogen-bond donors (Lipinski definition) is 1. The second kappa shape index (κ2) is 5.19. The van der Waals surface area contributed by atoms with Crippen LogP contribution in [0.2, 0.25) is 0 Å². The van der Waals surface area contributed by atoms with Gasteiger partial charge in [-0.1, -0.05) is 30.3 Å². The molecule has 0 fully saturated rings. The van der Waals surface area contributed by atoms with Gasteiger partial charge in [-0.15, -0.1) is 0 Å². The van der Waals surface area contributed by atoms with Gasteiger partial charge in [0.1, 0.15) is 11.4 Å². The van der Waals surface area contributed by atoms with E-state index in [1.54, 1.807) is 13.8 Å². The number of nitro groups is 1. The van der Waals surface area contributed by atoms with Gasteiger partial charge in [-0.3, -0.25) is 14.8 Å². The first-order chi connectivity index (χ1) is 9.00. The predicted octanol–water partition coefficient (Wildman–Crippen LogP) is 2.14. The third-order valence-corrected chi connectivity index (χ3v) is 3.06. The van der Waals surface area contributed by atoms with Crippen LogP contribution < -0.4 is 0 Å². The predicted molar refractivity (Wildman–Crippen MR) is 69.8 cm³/mol.